The molecule has 0 radical (unpaired) electrons. The van der Waals surface area contributed by atoms with E-state index >= 15 is 0 Å². The number of anilines is 1. The van der Waals surface area contributed by atoms with Crippen LogP contribution < -0.4 is 5.32 Å². The van der Waals surface area contributed by atoms with Crippen molar-refractivity contribution >= 4 is 32.4 Å². The van der Waals surface area contributed by atoms with Gasteiger partial charge in [0.15, 0.2) is 9.84 Å². The Labute approximate surface area is 186 Å². The van der Waals surface area contributed by atoms with Crippen molar-refractivity contribution in [1.82, 2.24) is 4.57 Å². The van der Waals surface area contributed by atoms with E-state index in [9.17, 15) is 23.4 Å². The van der Waals surface area contributed by atoms with Gasteiger partial charge in [-0.25, -0.2) is 8.42 Å². The van der Waals surface area contributed by atoms with Gasteiger partial charge in [0.05, 0.1) is 10.6 Å². The zero-order chi connectivity index (χ0) is 22.6. The van der Waals surface area contributed by atoms with Crippen molar-refractivity contribution < 1.29 is 23.4 Å². The molecule has 3 aromatic rings. The molecule has 2 aliphatic rings. The molecule has 1 unspecified atom stereocenters. The summed E-state index contributed by atoms with van der Waals surface area (Å²) in [6.45, 7) is 1.78. The van der Waals surface area contributed by atoms with Gasteiger partial charge in [0.1, 0.15) is 12.8 Å². The van der Waals surface area contributed by atoms with E-state index in [0.29, 0.717) is 17.7 Å². The number of aromatic nitrogens is 1. The van der Waals surface area contributed by atoms with Gasteiger partial charge in [-0.3, -0.25) is 4.79 Å². The van der Waals surface area contributed by atoms with Crippen LogP contribution in [0.1, 0.15) is 35.2 Å². The van der Waals surface area contributed by atoms with Crippen LogP contribution in [0.15, 0.2) is 41.3 Å². The number of fused-ring (bicyclic) bond motifs is 2. The summed E-state index contributed by atoms with van der Waals surface area (Å²) in [6, 6.07) is 11.2. The Morgan fingerprint density at radius 2 is 2.00 bits per heavy atom. The molecular formula is C24H26N2O5S. The van der Waals surface area contributed by atoms with Gasteiger partial charge in [0, 0.05) is 28.2 Å². The van der Waals surface area contributed by atoms with Crippen LogP contribution >= 0.6 is 0 Å². The third-order valence-electron chi connectivity index (χ3n) is 6.61. The molecule has 2 heterocycles. The van der Waals surface area contributed by atoms with Crippen LogP contribution in [-0.4, -0.2) is 41.1 Å². The summed E-state index contributed by atoms with van der Waals surface area (Å²) in [7, 11) is -3.17. The number of carboxylic acid groups (broad SMARTS) is 1. The maximum atomic E-state index is 12.1. The summed E-state index contributed by atoms with van der Waals surface area (Å²) in [6.07, 6.45) is 2.54. The maximum absolute atomic E-state index is 12.1. The molecule has 0 saturated heterocycles. The molecule has 0 amide bonds. The Hall–Kier alpha value is -2.84. The molecule has 1 fully saturated rings. The molecule has 168 valence electrons. The zero-order valence-corrected chi connectivity index (χ0v) is 18.7. The van der Waals surface area contributed by atoms with E-state index in [2.05, 4.69) is 5.32 Å². The number of hydrogen-bond donors (Lipinski definition) is 3. The standard InChI is InChI=1S/C24H26N2O5S/c1-14-19(11-15-2-7-22-17(10-15)8-9-32(22,30)31)20-12-18(25-24(29)16-3-4-16)5-6-21(20)26(14)13-23(27)28/h2,5-7,10,12,16,24-25,29H,3-4,8-9,11,13H2,1H3,(H,27,28). The number of sulfone groups is 1. The van der Waals surface area contributed by atoms with Gasteiger partial charge in [-0.1, -0.05) is 12.1 Å². The van der Waals surface area contributed by atoms with Crippen molar-refractivity contribution in [2.24, 2.45) is 5.92 Å². The van der Waals surface area contributed by atoms with Gasteiger partial charge in [-0.15, -0.1) is 0 Å². The van der Waals surface area contributed by atoms with Crippen LogP contribution in [-0.2, 0) is 34.0 Å². The number of rotatable bonds is 7. The lowest BCUT2D eigenvalue weighted by atomic mass is 9.99. The largest absolute Gasteiger partial charge is 0.480 e. The summed E-state index contributed by atoms with van der Waals surface area (Å²) in [5.41, 5.74) is 5.35. The Morgan fingerprint density at radius 1 is 1.22 bits per heavy atom. The SMILES string of the molecule is Cc1c(Cc2ccc3c(c2)CCS3(=O)=O)c2cc(NC(O)C3CC3)ccc2n1CC(=O)O. The number of hydrogen-bond acceptors (Lipinski definition) is 5. The lowest BCUT2D eigenvalue weighted by Crippen LogP contribution is -2.20. The molecule has 8 heteroatoms. The number of aryl methyl sites for hydroxylation is 1. The Bertz CT molecular complexity index is 1340. The molecule has 0 bridgehead atoms. The van der Waals surface area contributed by atoms with Crippen LogP contribution in [0.5, 0.6) is 0 Å². The van der Waals surface area contributed by atoms with Gasteiger partial charge >= 0.3 is 5.97 Å². The van der Waals surface area contributed by atoms with Crippen LogP contribution in [0.25, 0.3) is 10.9 Å². The van der Waals surface area contributed by atoms with Crippen LogP contribution in [0.3, 0.4) is 0 Å². The summed E-state index contributed by atoms with van der Waals surface area (Å²) in [5.74, 6) is -0.474. The number of aliphatic hydroxyl groups excluding tert-OH is 1. The highest BCUT2D eigenvalue weighted by Gasteiger charge is 2.30. The van der Waals surface area contributed by atoms with Crippen molar-refractivity contribution in [3.05, 3.63) is 58.8 Å². The summed E-state index contributed by atoms with van der Waals surface area (Å²) < 4.78 is 26.1. The Balaban J connectivity index is 1.55. The first-order valence-electron chi connectivity index (χ1n) is 10.9. The number of carbonyl (C=O) groups is 1. The smallest absolute Gasteiger partial charge is 0.323 e. The Kier molecular flexibility index (Phi) is 5.02. The fourth-order valence-corrected chi connectivity index (χ4v) is 6.25. The minimum Gasteiger partial charge on any atom is -0.480 e. The normalized spacial score (nSPS) is 17.9. The van der Waals surface area contributed by atoms with E-state index < -0.39 is 22.0 Å². The number of benzene rings is 2. The fraction of sp³-hybridized carbons (Fsp3) is 0.375. The van der Waals surface area contributed by atoms with Crippen molar-refractivity contribution in [1.29, 1.82) is 0 Å². The second-order valence-corrected chi connectivity index (χ2v) is 11.0. The number of nitrogens with one attached hydrogen (secondary N) is 1. The average Bonchev–Trinajstić information content (AvgIpc) is 3.51. The lowest BCUT2D eigenvalue weighted by Gasteiger charge is -2.13. The highest BCUT2D eigenvalue weighted by atomic mass is 32.2. The molecule has 32 heavy (non-hydrogen) atoms. The van der Waals surface area contributed by atoms with Gasteiger partial charge in [0.2, 0.25) is 0 Å². The van der Waals surface area contributed by atoms with Crippen LogP contribution in [0.4, 0.5) is 5.69 Å². The first-order valence-corrected chi connectivity index (χ1v) is 12.5. The van der Waals surface area contributed by atoms with Crippen molar-refractivity contribution in [2.75, 3.05) is 11.1 Å². The minimum atomic E-state index is -3.17. The third kappa shape index (κ3) is 3.78. The summed E-state index contributed by atoms with van der Waals surface area (Å²) >= 11 is 0. The monoisotopic (exact) mass is 454 g/mol. The van der Waals surface area contributed by atoms with Crippen molar-refractivity contribution in [3.63, 3.8) is 0 Å². The molecule has 0 spiro atoms. The molecule has 7 nitrogen and oxygen atoms in total. The molecule has 3 N–H and O–H groups in total. The number of aliphatic hydroxyl groups is 1. The minimum absolute atomic E-state index is 0.137. The average molecular weight is 455 g/mol. The maximum Gasteiger partial charge on any atom is 0.323 e. The fourth-order valence-electron chi connectivity index (χ4n) is 4.70. The first kappa shape index (κ1) is 21.0. The van der Waals surface area contributed by atoms with E-state index in [1.54, 1.807) is 10.6 Å². The van der Waals surface area contributed by atoms with Crippen molar-refractivity contribution in [2.45, 2.75) is 50.3 Å². The number of aliphatic carboxylic acids is 1. The van der Waals surface area contributed by atoms with E-state index in [1.807, 2.05) is 37.3 Å². The quantitative estimate of drug-likeness (QED) is 0.474. The second-order valence-electron chi connectivity index (χ2n) is 8.89. The highest BCUT2D eigenvalue weighted by molar-refractivity contribution is 7.91. The molecule has 5 rings (SSSR count). The second kappa shape index (κ2) is 7.64. The van der Waals surface area contributed by atoms with Gasteiger partial charge in [0.25, 0.3) is 0 Å². The number of carboxylic acids is 1. The molecule has 1 aliphatic carbocycles. The predicted molar refractivity (Wildman–Crippen MR) is 122 cm³/mol. The molecule has 2 aromatic carbocycles. The molecule has 1 aliphatic heterocycles. The topological polar surface area (TPSA) is 109 Å². The van der Waals surface area contributed by atoms with E-state index in [4.69, 9.17) is 0 Å². The van der Waals surface area contributed by atoms with Crippen molar-refractivity contribution in [3.8, 4) is 0 Å². The van der Waals surface area contributed by atoms with E-state index in [-0.39, 0.29) is 18.2 Å². The molecule has 1 atom stereocenters. The number of nitrogens with zero attached hydrogens (tertiary/aromatic N) is 1. The highest BCUT2D eigenvalue weighted by Crippen LogP contribution is 2.35. The Morgan fingerprint density at radius 3 is 2.72 bits per heavy atom. The van der Waals surface area contributed by atoms with Crippen LogP contribution in [0, 0.1) is 12.8 Å². The molecule has 1 saturated carbocycles. The third-order valence-corrected chi connectivity index (χ3v) is 8.42. The van der Waals surface area contributed by atoms with E-state index in [0.717, 1.165) is 51.8 Å². The van der Waals surface area contributed by atoms with Gasteiger partial charge in [-0.05, 0) is 73.6 Å². The predicted octanol–water partition coefficient (Wildman–Crippen LogP) is 3.10. The van der Waals surface area contributed by atoms with Gasteiger partial charge < -0.3 is 20.1 Å². The summed E-state index contributed by atoms with van der Waals surface area (Å²) in [4.78, 5) is 11.9. The zero-order valence-electron chi connectivity index (χ0n) is 17.8. The molecule has 1 aromatic heterocycles. The van der Waals surface area contributed by atoms with Gasteiger partial charge in [-0.2, -0.15) is 0 Å². The molecular weight excluding hydrogens is 428 g/mol. The van der Waals surface area contributed by atoms with Crippen LogP contribution in [0.2, 0.25) is 0 Å². The van der Waals surface area contributed by atoms with E-state index in [1.165, 1.54) is 0 Å². The first-order chi connectivity index (χ1) is 15.2. The summed E-state index contributed by atoms with van der Waals surface area (Å²) in [5, 5.41) is 23.8. The lowest BCUT2D eigenvalue weighted by molar-refractivity contribution is -0.137.